The van der Waals surface area contributed by atoms with Gasteiger partial charge in [-0.15, -0.1) is 0 Å². The van der Waals surface area contributed by atoms with Gasteiger partial charge in [-0.25, -0.2) is 8.42 Å². The summed E-state index contributed by atoms with van der Waals surface area (Å²) in [5, 5.41) is 0. The summed E-state index contributed by atoms with van der Waals surface area (Å²) in [7, 11) is -3.17. The highest BCUT2D eigenvalue weighted by Gasteiger charge is 2.45. The molecule has 1 aliphatic rings. The molecule has 0 aliphatic heterocycles. The molecule has 0 spiro atoms. The third-order valence-electron chi connectivity index (χ3n) is 3.23. The lowest BCUT2D eigenvalue weighted by Gasteiger charge is -2.12. The van der Waals surface area contributed by atoms with Gasteiger partial charge in [-0.05, 0) is 49.4 Å². The van der Waals surface area contributed by atoms with Crippen LogP contribution in [0.4, 0.5) is 0 Å². The normalized spacial score (nSPS) is 18.4. The molecule has 1 aromatic carbocycles. The fraction of sp³-hybridized carbons (Fsp3) is 0.500. The van der Waals surface area contributed by atoms with Crippen molar-refractivity contribution in [3.05, 3.63) is 29.8 Å². The number of nitrogens with two attached hydrogens (primary N) is 1. The van der Waals surface area contributed by atoms with E-state index in [9.17, 15) is 8.42 Å². The van der Waals surface area contributed by atoms with Gasteiger partial charge in [0.05, 0.1) is 10.6 Å². The molecule has 2 N–H and O–H groups in total. The molecule has 0 saturated heterocycles. The predicted molar refractivity (Wildman–Crippen MR) is 64.0 cm³/mol. The summed E-state index contributed by atoms with van der Waals surface area (Å²) in [6, 6.07) is 7.07. The number of hydrogen-bond acceptors (Lipinski definition) is 3. The Morgan fingerprint density at radius 2 is 2.06 bits per heavy atom. The first kappa shape index (κ1) is 11.6. The van der Waals surface area contributed by atoms with E-state index in [2.05, 4.69) is 0 Å². The summed E-state index contributed by atoms with van der Waals surface area (Å²) >= 11 is 0. The molecule has 4 heteroatoms. The molecule has 0 aromatic heterocycles. The first-order valence-electron chi connectivity index (χ1n) is 5.47. The largest absolute Gasteiger partial charge is 0.330 e. The molecule has 0 unspecified atom stereocenters. The van der Waals surface area contributed by atoms with E-state index in [0.717, 1.165) is 18.4 Å². The van der Waals surface area contributed by atoms with Crippen LogP contribution in [0.3, 0.4) is 0 Å². The number of sulfone groups is 1. The van der Waals surface area contributed by atoms with E-state index in [1.54, 1.807) is 18.2 Å². The van der Waals surface area contributed by atoms with Crippen molar-refractivity contribution in [3.8, 4) is 0 Å². The van der Waals surface area contributed by atoms with Gasteiger partial charge in [-0.1, -0.05) is 12.1 Å². The van der Waals surface area contributed by atoms with Crippen LogP contribution in [0.5, 0.6) is 0 Å². The minimum atomic E-state index is -3.17. The minimum absolute atomic E-state index is 0.136. The van der Waals surface area contributed by atoms with Crippen molar-refractivity contribution in [2.24, 2.45) is 11.1 Å². The highest BCUT2D eigenvalue weighted by Crippen LogP contribution is 2.46. The first-order valence-corrected chi connectivity index (χ1v) is 7.12. The van der Waals surface area contributed by atoms with Gasteiger partial charge < -0.3 is 5.73 Å². The van der Waals surface area contributed by atoms with E-state index < -0.39 is 9.84 Å². The summed E-state index contributed by atoms with van der Waals surface area (Å²) < 4.78 is 24.3. The number of hydrogen-bond donors (Lipinski definition) is 1. The lowest BCUT2D eigenvalue weighted by molar-refractivity contribution is 0.547. The van der Waals surface area contributed by atoms with Gasteiger partial charge in [0.25, 0.3) is 0 Å². The predicted octanol–water partition coefficient (Wildman–Crippen LogP) is 1.51. The molecule has 2 rings (SSSR count). The standard InChI is InChI=1S/C12H17NO2S/c1-10-3-2-4-11(7-10)16(14,15)9-12(8-13)5-6-12/h2-4,7H,5-6,8-9,13H2,1H3. The van der Waals surface area contributed by atoms with Crippen LogP contribution in [0.15, 0.2) is 29.2 Å². The highest BCUT2D eigenvalue weighted by atomic mass is 32.2. The third kappa shape index (κ3) is 2.28. The number of rotatable bonds is 4. The van der Waals surface area contributed by atoms with E-state index in [-0.39, 0.29) is 11.2 Å². The Morgan fingerprint density at radius 1 is 1.38 bits per heavy atom. The third-order valence-corrected chi connectivity index (χ3v) is 5.20. The van der Waals surface area contributed by atoms with E-state index >= 15 is 0 Å². The molecule has 16 heavy (non-hydrogen) atoms. The Labute approximate surface area is 96.6 Å². The Morgan fingerprint density at radius 3 is 2.56 bits per heavy atom. The fourth-order valence-corrected chi connectivity index (χ4v) is 3.91. The molecule has 1 saturated carbocycles. The monoisotopic (exact) mass is 239 g/mol. The molecule has 0 heterocycles. The molecule has 3 nitrogen and oxygen atoms in total. The van der Waals surface area contributed by atoms with Crippen LogP contribution >= 0.6 is 0 Å². The molecule has 0 bridgehead atoms. The summed E-state index contributed by atoms with van der Waals surface area (Å²) in [6.45, 7) is 2.37. The van der Waals surface area contributed by atoms with Crippen LogP contribution in [-0.2, 0) is 9.84 Å². The summed E-state index contributed by atoms with van der Waals surface area (Å²) in [5.74, 6) is 0.194. The van der Waals surface area contributed by atoms with Crippen molar-refractivity contribution in [1.82, 2.24) is 0 Å². The molecule has 0 radical (unpaired) electrons. The first-order chi connectivity index (χ1) is 7.47. The molecule has 0 atom stereocenters. The van der Waals surface area contributed by atoms with Gasteiger partial charge in [-0.3, -0.25) is 0 Å². The zero-order valence-electron chi connectivity index (χ0n) is 9.44. The molecule has 88 valence electrons. The Balaban J connectivity index is 2.26. The Bertz CT molecular complexity index is 489. The van der Waals surface area contributed by atoms with Gasteiger partial charge in [0.15, 0.2) is 9.84 Å². The molecule has 1 aromatic rings. The quantitative estimate of drug-likeness (QED) is 0.866. The summed E-state index contributed by atoms with van der Waals surface area (Å²) in [6.07, 6.45) is 1.88. The summed E-state index contributed by atoms with van der Waals surface area (Å²) in [5.41, 5.74) is 6.45. The van der Waals surface area contributed by atoms with Crippen molar-refractivity contribution in [3.63, 3.8) is 0 Å². The second-order valence-corrected chi connectivity index (χ2v) is 6.77. The van der Waals surface area contributed by atoms with Crippen molar-refractivity contribution in [2.75, 3.05) is 12.3 Å². The maximum Gasteiger partial charge on any atom is 0.178 e. The molecule has 0 amide bonds. The maximum absolute atomic E-state index is 12.1. The number of benzene rings is 1. The lowest BCUT2D eigenvalue weighted by atomic mass is 10.1. The zero-order chi connectivity index (χ0) is 11.8. The maximum atomic E-state index is 12.1. The Kier molecular flexibility index (Phi) is 2.80. The second-order valence-electron chi connectivity index (χ2n) is 4.78. The molecule has 1 aliphatic carbocycles. The van der Waals surface area contributed by atoms with E-state index in [1.165, 1.54) is 0 Å². The van der Waals surface area contributed by atoms with Gasteiger partial charge in [0.1, 0.15) is 0 Å². The van der Waals surface area contributed by atoms with Crippen LogP contribution < -0.4 is 5.73 Å². The van der Waals surface area contributed by atoms with E-state index in [1.807, 2.05) is 13.0 Å². The van der Waals surface area contributed by atoms with Gasteiger partial charge in [0, 0.05) is 0 Å². The van der Waals surface area contributed by atoms with Crippen LogP contribution in [0.25, 0.3) is 0 Å². The second kappa shape index (κ2) is 3.86. The lowest BCUT2D eigenvalue weighted by Crippen LogP contribution is -2.25. The fourth-order valence-electron chi connectivity index (χ4n) is 1.88. The zero-order valence-corrected chi connectivity index (χ0v) is 10.3. The molecular formula is C12H17NO2S. The average Bonchev–Trinajstić information content (AvgIpc) is 2.98. The average molecular weight is 239 g/mol. The number of aryl methyl sites for hydroxylation is 1. The SMILES string of the molecule is Cc1cccc(S(=O)(=O)CC2(CN)CC2)c1. The van der Waals surface area contributed by atoms with Crippen molar-refractivity contribution >= 4 is 9.84 Å². The van der Waals surface area contributed by atoms with Crippen molar-refractivity contribution < 1.29 is 8.42 Å². The van der Waals surface area contributed by atoms with E-state index in [0.29, 0.717) is 11.4 Å². The Hall–Kier alpha value is -0.870. The minimum Gasteiger partial charge on any atom is -0.330 e. The van der Waals surface area contributed by atoms with Crippen LogP contribution in [0, 0.1) is 12.3 Å². The van der Waals surface area contributed by atoms with Gasteiger partial charge >= 0.3 is 0 Å². The smallest absolute Gasteiger partial charge is 0.178 e. The van der Waals surface area contributed by atoms with Crippen molar-refractivity contribution in [2.45, 2.75) is 24.7 Å². The van der Waals surface area contributed by atoms with E-state index in [4.69, 9.17) is 5.73 Å². The summed E-state index contributed by atoms with van der Waals surface area (Å²) in [4.78, 5) is 0.423. The van der Waals surface area contributed by atoms with Gasteiger partial charge in [0.2, 0.25) is 0 Å². The highest BCUT2D eigenvalue weighted by molar-refractivity contribution is 7.91. The van der Waals surface area contributed by atoms with Crippen LogP contribution in [-0.4, -0.2) is 20.7 Å². The van der Waals surface area contributed by atoms with Gasteiger partial charge in [-0.2, -0.15) is 0 Å². The molecular weight excluding hydrogens is 222 g/mol. The van der Waals surface area contributed by atoms with Crippen LogP contribution in [0.1, 0.15) is 18.4 Å². The molecule has 1 fully saturated rings. The van der Waals surface area contributed by atoms with Crippen LogP contribution in [0.2, 0.25) is 0 Å². The topological polar surface area (TPSA) is 60.2 Å². The van der Waals surface area contributed by atoms with Crippen molar-refractivity contribution in [1.29, 1.82) is 0 Å².